The molecule has 2 nitrogen and oxygen atoms in total. The Morgan fingerprint density at radius 1 is 1.14 bits per heavy atom. The van der Waals surface area contributed by atoms with Crippen molar-refractivity contribution >= 4 is 17.0 Å². The number of thiophene rings is 1. The fourth-order valence-corrected chi connectivity index (χ4v) is 3.71. The highest BCUT2D eigenvalue weighted by molar-refractivity contribution is 7.12. The molecule has 1 aromatic heterocycles. The van der Waals surface area contributed by atoms with Crippen molar-refractivity contribution < 1.29 is 0 Å². The predicted molar refractivity (Wildman–Crippen MR) is 92.2 cm³/mol. The van der Waals surface area contributed by atoms with Gasteiger partial charge in [0.25, 0.3) is 0 Å². The van der Waals surface area contributed by atoms with E-state index in [4.69, 9.17) is 0 Å². The Bertz CT molecular complexity index is 613. The standard InChI is InChI=1S/C18H24N2S/c1-13-4-9-18(14(2)10-13)20(3)12-17-8-7-16(21-17)11-19-15-5-6-15/h4,7-10,15,19H,5-6,11-12H2,1-3H3. The number of aryl methyl sites for hydroxylation is 2. The fourth-order valence-electron chi connectivity index (χ4n) is 2.69. The van der Waals surface area contributed by atoms with E-state index < -0.39 is 0 Å². The summed E-state index contributed by atoms with van der Waals surface area (Å²) < 4.78 is 0. The predicted octanol–water partition coefficient (Wildman–Crippen LogP) is 4.25. The molecular formula is C18H24N2S. The molecular weight excluding hydrogens is 276 g/mol. The van der Waals surface area contributed by atoms with E-state index in [9.17, 15) is 0 Å². The maximum atomic E-state index is 3.58. The summed E-state index contributed by atoms with van der Waals surface area (Å²) in [6.45, 7) is 6.36. The van der Waals surface area contributed by atoms with E-state index in [0.717, 1.165) is 19.1 Å². The van der Waals surface area contributed by atoms with E-state index >= 15 is 0 Å². The molecule has 0 radical (unpaired) electrons. The molecule has 0 bridgehead atoms. The Morgan fingerprint density at radius 3 is 2.62 bits per heavy atom. The zero-order chi connectivity index (χ0) is 14.8. The average Bonchev–Trinajstić information content (AvgIpc) is 3.16. The Balaban J connectivity index is 1.62. The highest BCUT2D eigenvalue weighted by atomic mass is 32.1. The molecule has 1 aliphatic carbocycles. The van der Waals surface area contributed by atoms with Gasteiger partial charge in [-0.05, 0) is 50.5 Å². The summed E-state index contributed by atoms with van der Waals surface area (Å²) in [6, 6.07) is 12.0. The summed E-state index contributed by atoms with van der Waals surface area (Å²) >= 11 is 1.93. The fraction of sp³-hybridized carbons (Fsp3) is 0.444. The van der Waals surface area contributed by atoms with E-state index in [1.807, 2.05) is 11.3 Å². The van der Waals surface area contributed by atoms with E-state index in [1.165, 1.54) is 39.4 Å². The van der Waals surface area contributed by atoms with Gasteiger partial charge < -0.3 is 10.2 Å². The van der Waals surface area contributed by atoms with E-state index in [1.54, 1.807) is 0 Å². The van der Waals surface area contributed by atoms with Gasteiger partial charge in [-0.3, -0.25) is 0 Å². The molecule has 1 fully saturated rings. The van der Waals surface area contributed by atoms with E-state index in [2.05, 4.69) is 61.4 Å². The number of benzene rings is 1. The van der Waals surface area contributed by atoms with Gasteiger partial charge in [-0.15, -0.1) is 11.3 Å². The number of rotatable bonds is 6. The molecule has 1 saturated carbocycles. The van der Waals surface area contributed by atoms with Crippen LogP contribution in [0.4, 0.5) is 5.69 Å². The summed E-state index contributed by atoms with van der Waals surface area (Å²) in [4.78, 5) is 5.23. The number of hydrogen-bond donors (Lipinski definition) is 1. The van der Waals surface area contributed by atoms with Gasteiger partial charge in [0.1, 0.15) is 0 Å². The molecule has 0 aliphatic heterocycles. The SMILES string of the molecule is Cc1ccc(N(C)Cc2ccc(CNC3CC3)s2)c(C)c1. The first-order valence-electron chi connectivity index (χ1n) is 7.71. The third-order valence-electron chi connectivity index (χ3n) is 4.02. The Kier molecular flexibility index (Phi) is 4.32. The molecule has 1 aromatic carbocycles. The first-order valence-corrected chi connectivity index (χ1v) is 8.53. The van der Waals surface area contributed by atoms with Crippen LogP contribution in [0.1, 0.15) is 33.7 Å². The van der Waals surface area contributed by atoms with Gasteiger partial charge in [0.05, 0.1) is 6.54 Å². The summed E-state index contributed by atoms with van der Waals surface area (Å²) in [5.41, 5.74) is 4.01. The Hall–Kier alpha value is -1.32. The van der Waals surface area contributed by atoms with Crippen LogP contribution in [-0.2, 0) is 13.1 Å². The smallest absolute Gasteiger partial charge is 0.0519 e. The minimum atomic E-state index is 0.786. The lowest BCUT2D eigenvalue weighted by Crippen LogP contribution is -2.16. The average molecular weight is 300 g/mol. The molecule has 0 spiro atoms. The second kappa shape index (κ2) is 6.20. The normalized spacial score (nSPS) is 14.4. The van der Waals surface area contributed by atoms with Crippen LogP contribution in [0.2, 0.25) is 0 Å². The zero-order valence-corrected chi connectivity index (χ0v) is 14.0. The monoisotopic (exact) mass is 300 g/mol. The maximum absolute atomic E-state index is 3.58. The molecule has 0 saturated heterocycles. The summed E-state index contributed by atoms with van der Waals surface area (Å²) in [5.74, 6) is 0. The van der Waals surface area contributed by atoms with Crippen LogP contribution in [0.3, 0.4) is 0 Å². The van der Waals surface area contributed by atoms with Crippen molar-refractivity contribution in [3.63, 3.8) is 0 Å². The van der Waals surface area contributed by atoms with Crippen LogP contribution in [0.5, 0.6) is 0 Å². The van der Waals surface area contributed by atoms with Gasteiger partial charge in [0.2, 0.25) is 0 Å². The van der Waals surface area contributed by atoms with Gasteiger partial charge in [0, 0.05) is 35.1 Å². The summed E-state index contributed by atoms with van der Waals surface area (Å²) in [6.07, 6.45) is 2.71. The van der Waals surface area contributed by atoms with E-state index in [0.29, 0.717) is 0 Å². The summed E-state index contributed by atoms with van der Waals surface area (Å²) in [5, 5.41) is 3.58. The van der Waals surface area contributed by atoms with Crippen LogP contribution >= 0.6 is 11.3 Å². The molecule has 0 amide bonds. The van der Waals surface area contributed by atoms with Crippen LogP contribution in [0, 0.1) is 13.8 Å². The molecule has 0 atom stereocenters. The van der Waals surface area contributed by atoms with Crippen molar-refractivity contribution in [1.82, 2.24) is 5.32 Å². The number of nitrogens with zero attached hydrogens (tertiary/aromatic N) is 1. The molecule has 112 valence electrons. The lowest BCUT2D eigenvalue weighted by Gasteiger charge is -2.21. The molecule has 1 aliphatic rings. The van der Waals surface area contributed by atoms with Gasteiger partial charge in [-0.25, -0.2) is 0 Å². The van der Waals surface area contributed by atoms with Gasteiger partial charge in [-0.1, -0.05) is 17.7 Å². The third-order valence-corrected chi connectivity index (χ3v) is 5.09. The molecule has 1 N–H and O–H groups in total. The minimum absolute atomic E-state index is 0.786. The van der Waals surface area contributed by atoms with Crippen LogP contribution in [0.15, 0.2) is 30.3 Å². The summed E-state index contributed by atoms with van der Waals surface area (Å²) in [7, 11) is 2.18. The highest BCUT2D eigenvalue weighted by Crippen LogP contribution is 2.25. The number of anilines is 1. The molecule has 3 rings (SSSR count). The number of hydrogen-bond acceptors (Lipinski definition) is 3. The first-order chi connectivity index (χ1) is 10.1. The molecule has 21 heavy (non-hydrogen) atoms. The van der Waals surface area contributed by atoms with Gasteiger partial charge >= 0.3 is 0 Å². The Morgan fingerprint density at radius 2 is 1.90 bits per heavy atom. The lowest BCUT2D eigenvalue weighted by atomic mass is 10.1. The largest absolute Gasteiger partial charge is 0.369 e. The van der Waals surface area contributed by atoms with Crippen molar-refractivity contribution in [3.05, 3.63) is 51.2 Å². The quantitative estimate of drug-likeness (QED) is 0.858. The molecule has 2 aromatic rings. The highest BCUT2D eigenvalue weighted by Gasteiger charge is 2.20. The van der Waals surface area contributed by atoms with Crippen molar-refractivity contribution in [1.29, 1.82) is 0 Å². The van der Waals surface area contributed by atoms with Gasteiger partial charge in [-0.2, -0.15) is 0 Å². The topological polar surface area (TPSA) is 15.3 Å². The Labute approximate surface area is 131 Å². The molecule has 0 unspecified atom stereocenters. The second-order valence-corrected chi connectivity index (χ2v) is 7.42. The lowest BCUT2D eigenvalue weighted by molar-refractivity contribution is 0.695. The van der Waals surface area contributed by atoms with E-state index in [-0.39, 0.29) is 0 Å². The minimum Gasteiger partial charge on any atom is -0.369 e. The first kappa shape index (κ1) is 14.6. The van der Waals surface area contributed by atoms with Crippen LogP contribution in [0.25, 0.3) is 0 Å². The van der Waals surface area contributed by atoms with Crippen molar-refractivity contribution in [2.75, 3.05) is 11.9 Å². The maximum Gasteiger partial charge on any atom is 0.0519 e. The third kappa shape index (κ3) is 3.86. The van der Waals surface area contributed by atoms with Crippen molar-refractivity contribution in [3.8, 4) is 0 Å². The van der Waals surface area contributed by atoms with Crippen LogP contribution in [-0.4, -0.2) is 13.1 Å². The molecule has 3 heteroatoms. The number of nitrogens with one attached hydrogen (secondary N) is 1. The van der Waals surface area contributed by atoms with Crippen molar-refractivity contribution in [2.45, 2.75) is 45.8 Å². The second-order valence-electron chi connectivity index (χ2n) is 6.17. The molecule has 1 heterocycles. The van der Waals surface area contributed by atoms with Gasteiger partial charge in [0.15, 0.2) is 0 Å². The van der Waals surface area contributed by atoms with Crippen molar-refractivity contribution in [2.24, 2.45) is 0 Å². The van der Waals surface area contributed by atoms with Crippen LogP contribution < -0.4 is 10.2 Å². The zero-order valence-electron chi connectivity index (χ0n) is 13.1.